The summed E-state index contributed by atoms with van der Waals surface area (Å²) in [5, 5.41) is 6.88. The van der Waals surface area contributed by atoms with Crippen LogP contribution in [-0.4, -0.2) is 56.3 Å². The van der Waals surface area contributed by atoms with Crippen LogP contribution in [0.1, 0.15) is 30.5 Å². The molecule has 2 aromatic carbocycles. The van der Waals surface area contributed by atoms with Crippen LogP contribution in [0.4, 0.5) is 0 Å². The zero-order valence-corrected chi connectivity index (χ0v) is 21.8. The molecule has 0 saturated carbocycles. The molecule has 0 bridgehead atoms. The molecule has 0 amide bonds. The summed E-state index contributed by atoms with van der Waals surface area (Å²) in [6.45, 7) is 10.9. The highest BCUT2D eigenvalue weighted by Crippen LogP contribution is 2.15. The Morgan fingerprint density at radius 3 is 2.16 bits per heavy atom. The van der Waals surface area contributed by atoms with Crippen molar-refractivity contribution in [3.05, 3.63) is 71.3 Å². The predicted molar refractivity (Wildman–Crippen MR) is 141 cm³/mol. The quantitative estimate of drug-likeness (QED) is 0.282. The molecule has 1 fully saturated rings. The number of rotatable bonds is 9. The minimum atomic E-state index is 0. The molecule has 2 N–H and O–H groups in total. The predicted octanol–water partition coefficient (Wildman–Crippen LogP) is 3.80. The van der Waals surface area contributed by atoms with Gasteiger partial charge in [-0.3, -0.25) is 9.89 Å². The third-order valence-corrected chi connectivity index (χ3v) is 5.64. The van der Waals surface area contributed by atoms with Gasteiger partial charge in [0.15, 0.2) is 5.96 Å². The van der Waals surface area contributed by atoms with E-state index in [4.69, 9.17) is 9.47 Å². The average molecular weight is 553 g/mol. The minimum absolute atomic E-state index is 0. The maximum Gasteiger partial charge on any atom is 0.191 e. The van der Waals surface area contributed by atoms with Gasteiger partial charge in [0.05, 0.1) is 26.4 Å². The normalized spacial score (nSPS) is 15.2. The number of guanidine groups is 1. The van der Waals surface area contributed by atoms with E-state index in [0.29, 0.717) is 13.2 Å². The first kappa shape index (κ1) is 26.6. The highest BCUT2D eigenvalue weighted by Gasteiger charge is 2.28. The lowest BCUT2D eigenvalue weighted by molar-refractivity contribution is -0.00834. The Labute approximate surface area is 209 Å². The van der Waals surface area contributed by atoms with Gasteiger partial charge in [-0.1, -0.05) is 54.6 Å². The largest absolute Gasteiger partial charge is 0.379 e. The van der Waals surface area contributed by atoms with E-state index >= 15 is 0 Å². The summed E-state index contributed by atoms with van der Waals surface area (Å²) in [7, 11) is 1.81. The van der Waals surface area contributed by atoms with Gasteiger partial charge in [-0.05, 0) is 30.5 Å². The van der Waals surface area contributed by atoms with E-state index < -0.39 is 0 Å². The summed E-state index contributed by atoms with van der Waals surface area (Å²) in [6, 6.07) is 18.8. The lowest BCUT2D eigenvalue weighted by Crippen LogP contribution is -2.56. The smallest absolute Gasteiger partial charge is 0.191 e. The van der Waals surface area contributed by atoms with Crippen molar-refractivity contribution in [1.29, 1.82) is 0 Å². The number of halogens is 1. The molecule has 6 nitrogen and oxygen atoms in total. The lowest BCUT2D eigenvalue weighted by Gasteiger charge is -2.41. The molecule has 1 heterocycles. The van der Waals surface area contributed by atoms with Crippen molar-refractivity contribution in [3.8, 4) is 0 Å². The second-order valence-corrected chi connectivity index (χ2v) is 8.49. The summed E-state index contributed by atoms with van der Waals surface area (Å²) in [5.74, 6) is 0.816. The SMILES string of the molecule is CN=C(NCc1ccc(COCc2ccccc2)cc1)NCC(C)(C)N1CCOCC1.I. The van der Waals surface area contributed by atoms with E-state index in [1.165, 1.54) is 16.7 Å². The van der Waals surface area contributed by atoms with Crippen molar-refractivity contribution in [3.63, 3.8) is 0 Å². The molecule has 1 aliphatic heterocycles. The van der Waals surface area contributed by atoms with Crippen LogP contribution >= 0.6 is 24.0 Å². The number of hydrogen-bond donors (Lipinski definition) is 2. The second-order valence-electron chi connectivity index (χ2n) is 8.49. The molecule has 0 spiro atoms. The van der Waals surface area contributed by atoms with E-state index in [1.54, 1.807) is 0 Å². The summed E-state index contributed by atoms with van der Waals surface area (Å²) >= 11 is 0. The topological polar surface area (TPSA) is 58.1 Å². The average Bonchev–Trinajstić information content (AvgIpc) is 2.81. The molecule has 2 aromatic rings. The highest BCUT2D eigenvalue weighted by molar-refractivity contribution is 14.0. The summed E-state index contributed by atoms with van der Waals surface area (Å²) in [5.41, 5.74) is 3.62. The van der Waals surface area contributed by atoms with Gasteiger partial charge >= 0.3 is 0 Å². The van der Waals surface area contributed by atoms with Gasteiger partial charge in [0, 0.05) is 38.8 Å². The fraction of sp³-hybridized carbons (Fsp3) is 0.480. The fourth-order valence-electron chi connectivity index (χ4n) is 3.60. The highest BCUT2D eigenvalue weighted by atomic mass is 127. The number of benzene rings is 2. The summed E-state index contributed by atoms with van der Waals surface area (Å²) in [6.07, 6.45) is 0. The van der Waals surface area contributed by atoms with Gasteiger partial charge in [0.25, 0.3) is 0 Å². The van der Waals surface area contributed by atoms with Crippen LogP contribution < -0.4 is 10.6 Å². The van der Waals surface area contributed by atoms with Crippen LogP contribution in [0.15, 0.2) is 59.6 Å². The van der Waals surface area contributed by atoms with Crippen LogP contribution in [0.3, 0.4) is 0 Å². The molecular weight excluding hydrogens is 515 g/mol. The molecule has 1 aliphatic rings. The zero-order valence-electron chi connectivity index (χ0n) is 19.5. The molecule has 0 atom stereocenters. The fourth-order valence-corrected chi connectivity index (χ4v) is 3.60. The van der Waals surface area contributed by atoms with E-state index in [1.807, 2.05) is 25.2 Å². The molecule has 0 unspecified atom stereocenters. The lowest BCUT2D eigenvalue weighted by atomic mass is 10.0. The van der Waals surface area contributed by atoms with Crippen molar-refractivity contribution in [2.24, 2.45) is 4.99 Å². The minimum Gasteiger partial charge on any atom is -0.379 e. The van der Waals surface area contributed by atoms with E-state index in [-0.39, 0.29) is 29.5 Å². The monoisotopic (exact) mass is 552 g/mol. The van der Waals surface area contributed by atoms with Crippen molar-refractivity contribution in [1.82, 2.24) is 15.5 Å². The van der Waals surface area contributed by atoms with Gasteiger partial charge in [0.2, 0.25) is 0 Å². The maximum atomic E-state index is 5.82. The number of morpholine rings is 1. The Kier molecular flexibility index (Phi) is 11.4. The van der Waals surface area contributed by atoms with Crippen molar-refractivity contribution < 1.29 is 9.47 Å². The van der Waals surface area contributed by atoms with Gasteiger partial charge < -0.3 is 20.1 Å². The number of hydrogen-bond acceptors (Lipinski definition) is 4. The first-order valence-electron chi connectivity index (χ1n) is 11.0. The molecular formula is C25H37IN4O2. The van der Waals surface area contributed by atoms with Crippen LogP contribution in [-0.2, 0) is 29.2 Å². The first-order valence-corrected chi connectivity index (χ1v) is 11.0. The zero-order chi connectivity index (χ0) is 21.9. The molecule has 0 aromatic heterocycles. The Bertz CT molecular complexity index is 806. The Morgan fingerprint density at radius 1 is 0.938 bits per heavy atom. The molecule has 32 heavy (non-hydrogen) atoms. The van der Waals surface area contributed by atoms with Crippen LogP contribution in [0.25, 0.3) is 0 Å². The first-order chi connectivity index (χ1) is 15.1. The standard InChI is InChI=1S/C25H36N4O2.HI/c1-25(2,29-13-15-30-16-14-29)20-28-24(26-3)27-17-21-9-11-23(12-10-21)19-31-18-22-7-5-4-6-8-22;/h4-12H,13-20H2,1-3H3,(H2,26,27,28);1H. The van der Waals surface area contributed by atoms with Crippen molar-refractivity contribution in [2.75, 3.05) is 39.9 Å². The number of nitrogens with zero attached hydrogens (tertiary/aromatic N) is 2. The van der Waals surface area contributed by atoms with Crippen molar-refractivity contribution >= 4 is 29.9 Å². The maximum absolute atomic E-state index is 5.82. The summed E-state index contributed by atoms with van der Waals surface area (Å²) < 4.78 is 11.3. The third-order valence-electron chi connectivity index (χ3n) is 5.64. The van der Waals surface area contributed by atoms with Gasteiger partial charge in [-0.25, -0.2) is 0 Å². The summed E-state index contributed by atoms with van der Waals surface area (Å²) in [4.78, 5) is 6.84. The molecule has 1 saturated heterocycles. The number of ether oxygens (including phenoxy) is 2. The number of nitrogens with one attached hydrogen (secondary N) is 2. The van der Waals surface area contributed by atoms with Gasteiger partial charge in [-0.15, -0.1) is 24.0 Å². The molecule has 0 radical (unpaired) electrons. The molecule has 3 rings (SSSR count). The Morgan fingerprint density at radius 2 is 1.53 bits per heavy atom. The number of aliphatic imine (C=N–C) groups is 1. The Hall–Kier alpha value is -1.68. The van der Waals surface area contributed by atoms with Crippen LogP contribution in [0.5, 0.6) is 0 Å². The van der Waals surface area contributed by atoms with E-state index in [2.05, 4.69) is 70.8 Å². The van der Waals surface area contributed by atoms with Crippen molar-refractivity contribution in [2.45, 2.75) is 39.1 Å². The van der Waals surface area contributed by atoms with E-state index in [9.17, 15) is 0 Å². The third kappa shape index (κ3) is 8.69. The van der Waals surface area contributed by atoms with E-state index in [0.717, 1.165) is 45.4 Å². The van der Waals surface area contributed by atoms with Crippen LogP contribution in [0, 0.1) is 0 Å². The Balaban J connectivity index is 0.00000363. The molecule has 0 aliphatic carbocycles. The molecule has 176 valence electrons. The van der Waals surface area contributed by atoms with Gasteiger partial charge in [0.1, 0.15) is 0 Å². The van der Waals surface area contributed by atoms with Gasteiger partial charge in [-0.2, -0.15) is 0 Å². The van der Waals surface area contributed by atoms with Crippen LogP contribution in [0.2, 0.25) is 0 Å². The molecule has 7 heteroatoms. The second kappa shape index (κ2) is 13.8.